The molecular formula is C27H25N5O5. The summed E-state index contributed by atoms with van der Waals surface area (Å²) in [5.74, 6) is 5.84. The van der Waals surface area contributed by atoms with E-state index in [1.54, 1.807) is 18.2 Å². The van der Waals surface area contributed by atoms with Crippen molar-refractivity contribution in [3.8, 4) is 17.2 Å². The van der Waals surface area contributed by atoms with Gasteiger partial charge in [-0.05, 0) is 36.4 Å². The van der Waals surface area contributed by atoms with Crippen LogP contribution in [0.25, 0.3) is 10.9 Å². The fraction of sp³-hybridized carbons (Fsp3) is 0.148. The highest BCUT2D eigenvalue weighted by molar-refractivity contribution is 5.90. The molecule has 4 aromatic rings. The monoisotopic (exact) mass is 499 g/mol. The lowest BCUT2D eigenvalue weighted by Crippen LogP contribution is -2.11. The highest BCUT2D eigenvalue weighted by Crippen LogP contribution is 2.26. The molecule has 0 unspecified atom stereocenters. The van der Waals surface area contributed by atoms with E-state index in [0.717, 1.165) is 16.6 Å². The molecule has 3 N–H and O–H groups in total. The van der Waals surface area contributed by atoms with Gasteiger partial charge in [0.05, 0.1) is 23.9 Å². The number of carbonyl (C=O) groups excluding carboxylic acids is 1. The van der Waals surface area contributed by atoms with Gasteiger partial charge in [0.2, 0.25) is 0 Å². The van der Waals surface area contributed by atoms with Gasteiger partial charge in [0.25, 0.3) is 0 Å². The number of pyridine rings is 1. The van der Waals surface area contributed by atoms with Crippen LogP contribution in [0.3, 0.4) is 0 Å². The van der Waals surface area contributed by atoms with E-state index in [1.165, 1.54) is 13.2 Å². The van der Waals surface area contributed by atoms with Crippen LogP contribution in [0, 0.1) is 5.41 Å². The van der Waals surface area contributed by atoms with E-state index in [1.807, 2.05) is 54.6 Å². The first kappa shape index (κ1) is 25.1. The van der Waals surface area contributed by atoms with Crippen LogP contribution in [0.5, 0.6) is 17.2 Å². The van der Waals surface area contributed by atoms with E-state index in [9.17, 15) is 4.79 Å². The standard InChI is InChI=1S/C27H25N5O5/c1-34-27(33)19-9-10-20(25(13-19)37-17-26(28)31-32-29)15-35-22-6-4-7-23(14-22)36-16-21-12-11-18-5-2-3-8-24(18)30-21/h2-14H,15-17H2,1H3,(H3,28,29,31). The lowest BCUT2D eigenvalue weighted by atomic mass is 10.1. The van der Waals surface area contributed by atoms with Crippen LogP contribution < -0.4 is 20.1 Å². The highest BCUT2D eigenvalue weighted by atomic mass is 16.5. The molecule has 0 aliphatic rings. The number of nitrogens with zero attached hydrogens (tertiary/aromatic N) is 3. The second-order valence-electron chi connectivity index (χ2n) is 7.81. The number of methoxy groups -OCH3 is 1. The first-order chi connectivity index (χ1) is 18.1. The SMILES string of the molecule is COC(=O)c1ccc(COc2cccc(OCc3ccc4ccccc4n3)c2)c(OCC(=N)N=NN)c1. The number of aromatic nitrogens is 1. The van der Waals surface area contributed by atoms with Gasteiger partial charge in [-0.3, -0.25) is 5.41 Å². The summed E-state index contributed by atoms with van der Waals surface area (Å²) >= 11 is 0. The van der Waals surface area contributed by atoms with Crippen molar-refractivity contribution in [2.45, 2.75) is 13.2 Å². The number of nitrogens with two attached hydrogens (primary N) is 1. The Hall–Kier alpha value is -4.99. The molecule has 0 fully saturated rings. The van der Waals surface area contributed by atoms with E-state index < -0.39 is 5.97 Å². The minimum Gasteiger partial charge on any atom is -0.489 e. The molecular weight excluding hydrogens is 474 g/mol. The first-order valence-corrected chi connectivity index (χ1v) is 11.3. The maximum atomic E-state index is 11.9. The zero-order valence-electron chi connectivity index (χ0n) is 20.1. The average Bonchev–Trinajstić information content (AvgIpc) is 2.94. The van der Waals surface area contributed by atoms with Crippen molar-refractivity contribution in [2.24, 2.45) is 16.2 Å². The Morgan fingerprint density at radius 3 is 2.49 bits per heavy atom. The molecule has 4 rings (SSSR count). The first-order valence-electron chi connectivity index (χ1n) is 11.3. The summed E-state index contributed by atoms with van der Waals surface area (Å²) in [5, 5.41) is 15.2. The Balaban J connectivity index is 1.42. The Labute approximate surface area is 213 Å². The van der Waals surface area contributed by atoms with Gasteiger partial charge in [-0.2, -0.15) is 0 Å². The Kier molecular flexibility index (Phi) is 8.22. The number of para-hydroxylation sites is 1. The molecule has 0 bridgehead atoms. The number of esters is 1. The largest absolute Gasteiger partial charge is 0.489 e. The number of fused-ring (bicyclic) bond motifs is 1. The number of hydrogen-bond acceptors (Lipinski definition) is 8. The molecule has 10 nitrogen and oxygen atoms in total. The van der Waals surface area contributed by atoms with Crippen LogP contribution in [-0.2, 0) is 18.0 Å². The summed E-state index contributed by atoms with van der Waals surface area (Å²) in [4.78, 5) is 16.6. The molecule has 188 valence electrons. The number of nitrogens with one attached hydrogen (secondary N) is 1. The summed E-state index contributed by atoms with van der Waals surface area (Å²) in [7, 11) is 1.29. The summed E-state index contributed by atoms with van der Waals surface area (Å²) < 4.78 is 22.3. The van der Waals surface area contributed by atoms with Crippen molar-refractivity contribution < 1.29 is 23.7 Å². The maximum Gasteiger partial charge on any atom is 0.337 e. The molecule has 10 heteroatoms. The molecule has 0 saturated carbocycles. The van der Waals surface area contributed by atoms with Gasteiger partial charge in [0.15, 0.2) is 5.84 Å². The average molecular weight is 500 g/mol. The fourth-order valence-electron chi connectivity index (χ4n) is 3.46. The van der Waals surface area contributed by atoms with Crippen LogP contribution in [0.4, 0.5) is 0 Å². The lowest BCUT2D eigenvalue weighted by Gasteiger charge is -2.14. The number of rotatable bonds is 10. The van der Waals surface area contributed by atoms with Crippen LogP contribution in [0.1, 0.15) is 21.6 Å². The molecule has 0 aliphatic carbocycles. The molecule has 0 saturated heterocycles. The predicted octanol–water partition coefficient (Wildman–Crippen LogP) is 4.86. The van der Waals surface area contributed by atoms with Crippen LogP contribution in [0.15, 0.2) is 89.2 Å². The molecule has 0 radical (unpaired) electrons. The van der Waals surface area contributed by atoms with Crippen molar-refractivity contribution in [1.29, 1.82) is 5.41 Å². The number of hydrogen-bond donors (Lipinski definition) is 2. The van der Waals surface area contributed by atoms with Crippen LogP contribution in [-0.4, -0.2) is 30.5 Å². The van der Waals surface area contributed by atoms with Gasteiger partial charge in [-0.25, -0.2) is 9.78 Å². The van der Waals surface area contributed by atoms with Gasteiger partial charge >= 0.3 is 5.97 Å². The van der Waals surface area contributed by atoms with Gasteiger partial charge in [-0.15, -0.1) is 5.11 Å². The van der Waals surface area contributed by atoms with Gasteiger partial charge in [0.1, 0.15) is 37.1 Å². The van der Waals surface area contributed by atoms with E-state index in [2.05, 4.69) is 15.3 Å². The van der Waals surface area contributed by atoms with Crippen molar-refractivity contribution in [3.63, 3.8) is 0 Å². The smallest absolute Gasteiger partial charge is 0.337 e. The van der Waals surface area contributed by atoms with Crippen LogP contribution >= 0.6 is 0 Å². The number of benzene rings is 3. The second kappa shape index (κ2) is 12.1. The van der Waals surface area contributed by atoms with E-state index in [4.69, 9.17) is 30.2 Å². The van der Waals surface area contributed by atoms with Crippen molar-refractivity contribution >= 4 is 22.7 Å². The number of ether oxygens (including phenoxy) is 4. The minimum absolute atomic E-state index is 0.137. The predicted molar refractivity (Wildman–Crippen MR) is 137 cm³/mol. The van der Waals surface area contributed by atoms with Crippen molar-refractivity contribution in [2.75, 3.05) is 13.7 Å². The molecule has 0 amide bonds. The zero-order chi connectivity index (χ0) is 26.0. The molecule has 1 aromatic heterocycles. The quantitative estimate of drug-likeness (QED) is 0.0792. The molecule has 0 atom stereocenters. The lowest BCUT2D eigenvalue weighted by molar-refractivity contribution is 0.0600. The molecule has 0 aliphatic heterocycles. The maximum absolute atomic E-state index is 11.9. The summed E-state index contributed by atoms with van der Waals surface area (Å²) in [6.07, 6.45) is 0. The third-order valence-corrected chi connectivity index (χ3v) is 5.27. The minimum atomic E-state index is -0.514. The van der Waals surface area contributed by atoms with E-state index >= 15 is 0 Å². The van der Waals surface area contributed by atoms with Gasteiger partial charge in [-0.1, -0.05) is 41.6 Å². The van der Waals surface area contributed by atoms with E-state index in [-0.39, 0.29) is 19.0 Å². The topological polar surface area (TPSA) is 141 Å². The summed E-state index contributed by atoms with van der Waals surface area (Å²) in [6.45, 7) is 0.260. The molecule has 3 aromatic carbocycles. The van der Waals surface area contributed by atoms with Crippen molar-refractivity contribution in [3.05, 3.63) is 95.7 Å². The Morgan fingerprint density at radius 2 is 1.70 bits per heavy atom. The third kappa shape index (κ3) is 6.79. The Bertz CT molecular complexity index is 1440. The van der Waals surface area contributed by atoms with Crippen molar-refractivity contribution in [1.82, 2.24) is 4.98 Å². The van der Waals surface area contributed by atoms with E-state index in [0.29, 0.717) is 35.0 Å². The summed E-state index contributed by atoms with van der Waals surface area (Å²) in [5.41, 5.74) is 2.68. The fourth-order valence-corrected chi connectivity index (χ4v) is 3.46. The van der Waals surface area contributed by atoms with Crippen LogP contribution in [0.2, 0.25) is 0 Å². The second-order valence-corrected chi connectivity index (χ2v) is 7.81. The number of amidine groups is 1. The Morgan fingerprint density at radius 1 is 0.919 bits per heavy atom. The molecule has 37 heavy (non-hydrogen) atoms. The zero-order valence-corrected chi connectivity index (χ0v) is 20.1. The van der Waals surface area contributed by atoms with Gasteiger partial charge in [0, 0.05) is 17.0 Å². The highest BCUT2D eigenvalue weighted by Gasteiger charge is 2.13. The molecule has 0 spiro atoms. The third-order valence-electron chi connectivity index (χ3n) is 5.27. The summed E-state index contributed by atoms with van der Waals surface area (Å²) in [6, 6.07) is 24.0. The molecule has 1 heterocycles. The van der Waals surface area contributed by atoms with Gasteiger partial charge < -0.3 is 24.8 Å². The normalized spacial score (nSPS) is 10.8. The number of carbonyl (C=O) groups is 1.